The van der Waals surface area contributed by atoms with Gasteiger partial charge in [-0.2, -0.15) is 26.3 Å². The van der Waals surface area contributed by atoms with Crippen LogP contribution in [0.25, 0.3) is 22.4 Å². The Balaban J connectivity index is 2.06. The lowest BCUT2D eigenvalue weighted by molar-refractivity contribution is -0.138. The molecule has 28 heavy (non-hydrogen) atoms. The summed E-state index contributed by atoms with van der Waals surface area (Å²) in [5.41, 5.74) is -1.28. The Bertz CT molecular complexity index is 1020. The van der Waals surface area contributed by atoms with Gasteiger partial charge in [0.05, 0.1) is 16.8 Å². The summed E-state index contributed by atoms with van der Waals surface area (Å²) in [6.45, 7) is 0. The largest absolute Gasteiger partial charge is 0.416 e. The lowest BCUT2D eigenvalue weighted by atomic mass is 9.99. The van der Waals surface area contributed by atoms with E-state index in [-0.39, 0.29) is 27.9 Å². The zero-order chi connectivity index (χ0) is 20.5. The van der Waals surface area contributed by atoms with Crippen molar-refractivity contribution in [1.29, 1.82) is 0 Å². The summed E-state index contributed by atoms with van der Waals surface area (Å²) in [6.07, 6.45) is -7.47. The molecule has 3 rings (SSSR count). The third-order valence-corrected chi connectivity index (χ3v) is 4.03. The van der Waals surface area contributed by atoms with Gasteiger partial charge in [-0.05, 0) is 35.9 Å². The molecule has 0 N–H and O–H groups in total. The number of hydrogen-bond acceptors (Lipinski definition) is 2. The van der Waals surface area contributed by atoms with Crippen LogP contribution in [0, 0.1) is 0 Å². The fraction of sp³-hybridized carbons (Fsp3) is 0.100. The molecule has 0 atom stereocenters. The average molecular weight is 395 g/mol. The highest BCUT2D eigenvalue weighted by Crippen LogP contribution is 2.34. The Kier molecular flexibility index (Phi) is 4.97. The molecule has 2 aromatic carbocycles. The first kappa shape index (κ1) is 19.6. The van der Waals surface area contributed by atoms with E-state index in [1.165, 1.54) is 36.5 Å². The third kappa shape index (κ3) is 4.05. The molecule has 0 saturated heterocycles. The van der Waals surface area contributed by atoms with E-state index in [9.17, 15) is 31.1 Å². The number of nitrogens with zero attached hydrogens (tertiary/aromatic N) is 1. The molecule has 1 aromatic heterocycles. The van der Waals surface area contributed by atoms with E-state index in [4.69, 9.17) is 0 Å². The van der Waals surface area contributed by atoms with Crippen LogP contribution in [0.1, 0.15) is 21.5 Å². The minimum absolute atomic E-state index is 0.0109. The molecule has 2 nitrogen and oxygen atoms in total. The lowest BCUT2D eigenvalue weighted by Gasteiger charge is -2.12. The number of hydrogen-bond donors (Lipinski definition) is 0. The second kappa shape index (κ2) is 7.10. The summed E-state index contributed by atoms with van der Waals surface area (Å²) >= 11 is 0. The maximum Gasteiger partial charge on any atom is 0.416 e. The number of pyridine rings is 1. The van der Waals surface area contributed by atoms with Crippen LogP contribution in [0.4, 0.5) is 26.3 Å². The number of alkyl halides is 6. The molecule has 0 spiro atoms. The second-order valence-corrected chi connectivity index (χ2v) is 5.94. The normalized spacial score (nSPS) is 12.1. The highest BCUT2D eigenvalue weighted by Gasteiger charge is 2.31. The van der Waals surface area contributed by atoms with Crippen molar-refractivity contribution in [2.75, 3.05) is 0 Å². The van der Waals surface area contributed by atoms with Gasteiger partial charge in [-0.1, -0.05) is 24.3 Å². The Morgan fingerprint density at radius 3 is 1.79 bits per heavy atom. The Hall–Kier alpha value is -3.16. The molecule has 1 heterocycles. The van der Waals surface area contributed by atoms with E-state index in [1.54, 1.807) is 0 Å². The average Bonchev–Trinajstić information content (AvgIpc) is 2.66. The lowest BCUT2D eigenvalue weighted by Crippen LogP contribution is -2.05. The van der Waals surface area contributed by atoms with Gasteiger partial charge in [0.15, 0.2) is 6.29 Å². The van der Waals surface area contributed by atoms with Gasteiger partial charge in [-0.25, -0.2) is 0 Å². The molecular weight excluding hydrogens is 384 g/mol. The molecular formula is C20H11F6NO. The number of aromatic nitrogens is 1. The second-order valence-electron chi connectivity index (χ2n) is 5.94. The van der Waals surface area contributed by atoms with Gasteiger partial charge in [0.2, 0.25) is 0 Å². The molecule has 0 aliphatic rings. The Labute approximate surface area is 155 Å². The third-order valence-electron chi connectivity index (χ3n) is 4.03. The molecule has 144 valence electrons. The Morgan fingerprint density at radius 2 is 1.25 bits per heavy atom. The monoisotopic (exact) mass is 395 g/mol. The first-order valence-corrected chi connectivity index (χ1v) is 7.90. The standard InChI is InChI=1S/C20H11F6NO/c21-19(22,23)16-5-1-3-12(8-16)14-7-15(11-28)18(27-10-14)13-4-2-6-17(9-13)20(24,25)26/h1-11H. The van der Waals surface area contributed by atoms with Crippen molar-refractivity contribution in [2.45, 2.75) is 12.4 Å². The summed E-state index contributed by atoms with van der Waals surface area (Å²) in [7, 11) is 0. The molecule has 0 saturated carbocycles. The van der Waals surface area contributed by atoms with E-state index in [0.29, 0.717) is 6.29 Å². The van der Waals surface area contributed by atoms with Crippen LogP contribution in [0.5, 0.6) is 0 Å². The van der Waals surface area contributed by atoms with Gasteiger partial charge in [0.25, 0.3) is 0 Å². The first-order chi connectivity index (χ1) is 13.1. The number of rotatable bonds is 3. The van der Waals surface area contributed by atoms with Crippen molar-refractivity contribution in [3.05, 3.63) is 77.5 Å². The summed E-state index contributed by atoms with van der Waals surface area (Å²) in [4.78, 5) is 15.5. The van der Waals surface area contributed by atoms with Crippen molar-refractivity contribution in [3.63, 3.8) is 0 Å². The maximum absolute atomic E-state index is 12.9. The van der Waals surface area contributed by atoms with Crippen LogP contribution < -0.4 is 0 Å². The van der Waals surface area contributed by atoms with Crippen LogP contribution in [-0.2, 0) is 12.4 Å². The van der Waals surface area contributed by atoms with Crippen molar-refractivity contribution >= 4 is 6.29 Å². The molecule has 0 radical (unpaired) electrons. The van der Waals surface area contributed by atoms with Crippen LogP contribution in [-0.4, -0.2) is 11.3 Å². The zero-order valence-corrected chi connectivity index (χ0v) is 14.0. The molecule has 3 aromatic rings. The van der Waals surface area contributed by atoms with E-state index in [1.807, 2.05) is 0 Å². The highest BCUT2D eigenvalue weighted by molar-refractivity contribution is 5.88. The van der Waals surface area contributed by atoms with Crippen molar-refractivity contribution in [3.8, 4) is 22.4 Å². The smallest absolute Gasteiger partial charge is 0.298 e. The number of benzene rings is 2. The topological polar surface area (TPSA) is 30.0 Å². The maximum atomic E-state index is 12.9. The SMILES string of the molecule is O=Cc1cc(-c2cccc(C(F)(F)F)c2)cnc1-c1cccc(C(F)(F)F)c1. The minimum atomic E-state index is -4.56. The summed E-state index contributed by atoms with van der Waals surface area (Å²) in [6, 6.07) is 10.1. The van der Waals surface area contributed by atoms with E-state index in [2.05, 4.69) is 4.98 Å². The molecule has 0 bridgehead atoms. The molecule has 0 fully saturated rings. The summed E-state index contributed by atoms with van der Waals surface area (Å²) < 4.78 is 77.4. The van der Waals surface area contributed by atoms with Gasteiger partial charge in [0, 0.05) is 22.9 Å². The van der Waals surface area contributed by atoms with Gasteiger partial charge < -0.3 is 0 Å². The molecule has 0 aliphatic carbocycles. The van der Waals surface area contributed by atoms with E-state index < -0.39 is 23.5 Å². The van der Waals surface area contributed by atoms with Gasteiger partial charge in [-0.3, -0.25) is 9.78 Å². The molecule has 0 aliphatic heterocycles. The zero-order valence-electron chi connectivity index (χ0n) is 14.0. The number of carbonyl (C=O) groups is 1. The molecule has 0 unspecified atom stereocenters. The van der Waals surface area contributed by atoms with Crippen LogP contribution >= 0.6 is 0 Å². The summed E-state index contributed by atoms with van der Waals surface area (Å²) in [5.74, 6) is 0. The van der Waals surface area contributed by atoms with Crippen LogP contribution in [0.2, 0.25) is 0 Å². The number of halogens is 6. The molecule has 0 amide bonds. The predicted molar refractivity (Wildman–Crippen MR) is 90.5 cm³/mol. The van der Waals surface area contributed by atoms with E-state index in [0.717, 1.165) is 24.3 Å². The number of carbonyl (C=O) groups excluding carboxylic acids is 1. The molecule has 8 heteroatoms. The van der Waals surface area contributed by atoms with E-state index >= 15 is 0 Å². The fourth-order valence-corrected chi connectivity index (χ4v) is 2.69. The van der Waals surface area contributed by atoms with Crippen LogP contribution in [0.15, 0.2) is 60.8 Å². The quantitative estimate of drug-likeness (QED) is 0.387. The van der Waals surface area contributed by atoms with Crippen molar-refractivity contribution in [2.24, 2.45) is 0 Å². The van der Waals surface area contributed by atoms with Crippen LogP contribution in [0.3, 0.4) is 0 Å². The number of aldehydes is 1. The minimum Gasteiger partial charge on any atom is -0.298 e. The van der Waals surface area contributed by atoms with Crippen molar-refractivity contribution in [1.82, 2.24) is 4.98 Å². The highest BCUT2D eigenvalue weighted by atomic mass is 19.4. The Morgan fingerprint density at radius 1 is 0.714 bits per heavy atom. The summed E-state index contributed by atoms with van der Waals surface area (Å²) in [5, 5.41) is 0. The van der Waals surface area contributed by atoms with Crippen molar-refractivity contribution < 1.29 is 31.1 Å². The van der Waals surface area contributed by atoms with Gasteiger partial charge in [0.1, 0.15) is 0 Å². The predicted octanol–water partition coefficient (Wildman–Crippen LogP) is 6.27. The fourth-order valence-electron chi connectivity index (χ4n) is 2.69. The first-order valence-electron chi connectivity index (χ1n) is 7.90. The van der Waals surface area contributed by atoms with Gasteiger partial charge in [-0.15, -0.1) is 0 Å². The van der Waals surface area contributed by atoms with Gasteiger partial charge >= 0.3 is 12.4 Å².